The van der Waals surface area contributed by atoms with Gasteiger partial charge in [-0.25, -0.2) is 0 Å². The highest BCUT2D eigenvalue weighted by molar-refractivity contribution is 7.13. The molecule has 0 aliphatic heterocycles. The largest absolute Gasteiger partial charge is 0.504 e. The van der Waals surface area contributed by atoms with E-state index in [2.05, 4.69) is 10.6 Å². The molecule has 1 heterocycles. The third-order valence-corrected chi connectivity index (χ3v) is 4.54. The summed E-state index contributed by atoms with van der Waals surface area (Å²) in [6.07, 6.45) is 0. The highest BCUT2D eigenvalue weighted by Gasteiger charge is 2.25. The molecule has 0 radical (unpaired) electrons. The SMILES string of the molecule is CN(C)C(=O)c1scc(Nc2c(Nc3ccccc3)c(=O)c2=O)c1O. The average molecular weight is 357 g/mol. The molecular weight excluding hydrogens is 342 g/mol. The number of para-hydroxylation sites is 1. The third-order valence-electron chi connectivity index (χ3n) is 3.58. The van der Waals surface area contributed by atoms with E-state index in [0.29, 0.717) is 5.69 Å². The molecule has 8 heteroatoms. The van der Waals surface area contributed by atoms with Gasteiger partial charge in [0.05, 0.1) is 5.69 Å². The molecular formula is C17H15N3O4S. The fraction of sp³-hybridized carbons (Fsp3) is 0.118. The second-order valence-electron chi connectivity index (χ2n) is 5.55. The minimum atomic E-state index is -0.676. The minimum Gasteiger partial charge on any atom is -0.504 e. The van der Waals surface area contributed by atoms with Crippen LogP contribution in [0.4, 0.5) is 22.7 Å². The second kappa shape index (κ2) is 6.40. The van der Waals surface area contributed by atoms with Gasteiger partial charge in [0.15, 0.2) is 5.75 Å². The molecule has 0 bridgehead atoms. The number of anilines is 4. The standard InChI is InChI=1S/C17H15N3O4S/c1-20(2)17(24)16-13(21)10(8-25-16)19-12-11(14(22)15(12)23)18-9-6-4-3-5-7-9/h3-8,18-19,21H,1-2H3. The van der Waals surface area contributed by atoms with E-state index in [1.54, 1.807) is 38.4 Å². The Hall–Kier alpha value is -3.13. The van der Waals surface area contributed by atoms with Crippen molar-refractivity contribution < 1.29 is 9.90 Å². The lowest BCUT2D eigenvalue weighted by Gasteiger charge is -2.14. The molecule has 2 aromatic carbocycles. The highest BCUT2D eigenvalue weighted by Crippen LogP contribution is 2.37. The molecule has 0 unspecified atom stereocenters. The van der Waals surface area contributed by atoms with Crippen LogP contribution in [0.2, 0.25) is 0 Å². The van der Waals surface area contributed by atoms with Gasteiger partial charge in [-0.15, -0.1) is 11.3 Å². The number of aromatic hydroxyl groups is 1. The smallest absolute Gasteiger partial charge is 0.267 e. The van der Waals surface area contributed by atoms with Crippen LogP contribution in [0.15, 0.2) is 45.3 Å². The zero-order chi connectivity index (χ0) is 18.1. The zero-order valence-corrected chi connectivity index (χ0v) is 14.3. The lowest BCUT2D eigenvalue weighted by molar-refractivity contribution is 0.0829. The number of nitrogens with one attached hydrogen (secondary N) is 2. The Balaban J connectivity index is 1.88. The molecule has 3 N–H and O–H groups in total. The molecule has 0 spiro atoms. The lowest BCUT2D eigenvalue weighted by Crippen LogP contribution is -2.35. The third kappa shape index (κ3) is 2.99. The van der Waals surface area contributed by atoms with E-state index in [4.69, 9.17) is 0 Å². The number of nitrogens with zero attached hydrogens (tertiary/aromatic N) is 1. The summed E-state index contributed by atoms with van der Waals surface area (Å²) in [5.41, 5.74) is -0.252. The Morgan fingerprint density at radius 1 is 1.04 bits per heavy atom. The van der Waals surface area contributed by atoms with E-state index < -0.39 is 10.9 Å². The van der Waals surface area contributed by atoms with Crippen molar-refractivity contribution >= 4 is 40.0 Å². The number of carbonyl (C=O) groups excluding carboxylic acids is 1. The summed E-state index contributed by atoms with van der Waals surface area (Å²) in [5, 5.41) is 17.4. The summed E-state index contributed by atoms with van der Waals surface area (Å²) in [5.74, 6) is -0.592. The average Bonchev–Trinajstić information content (AvgIpc) is 2.98. The van der Waals surface area contributed by atoms with Gasteiger partial charge in [-0.05, 0) is 12.1 Å². The van der Waals surface area contributed by atoms with Gasteiger partial charge in [0.1, 0.15) is 16.3 Å². The number of amides is 1. The van der Waals surface area contributed by atoms with Gasteiger partial charge in [0, 0.05) is 25.2 Å². The van der Waals surface area contributed by atoms with Crippen LogP contribution in [0.5, 0.6) is 5.75 Å². The molecule has 1 aromatic heterocycles. The van der Waals surface area contributed by atoms with Gasteiger partial charge in [-0.3, -0.25) is 14.4 Å². The molecule has 0 saturated carbocycles. The van der Waals surface area contributed by atoms with Crippen molar-refractivity contribution in [2.75, 3.05) is 24.7 Å². The van der Waals surface area contributed by atoms with Crippen molar-refractivity contribution in [3.05, 3.63) is 61.0 Å². The molecule has 3 aromatic rings. The van der Waals surface area contributed by atoms with Crippen molar-refractivity contribution in [2.24, 2.45) is 0 Å². The molecule has 0 aliphatic rings. The van der Waals surface area contributed by atoms with E-state index in [0.717, 1.165) is 11.3 Å². The molecule has 0 aliphatic carbocycles. The van der Waals surface area contributed by atoms with E-state index in [1.165, 1.54) is 10.3 Å². The van der Waals surface area contributed by atoms with E-state index in [9.17, 15) is 19.5 Å². The second-order valence-corrected chi connectivity index (χ2v) is 6.43. The van der Waals surface area contributed by atoms with Gasteiger partial charge in [-0.2, -0.15) is 0 Å². The fourth-order valence-electron chi connectivity index (χ4n) is 2.23. The maximum absolute atomic E-state index is 12.0. The summed E-state index contributed by atoms with van der Waals surface area (Å²) in [6, 6.07) is 8.95. The first kappa shape index (κ1) is 16.7. The van der Waals surface area contributed by atoms with Crippen molar-refractivity contribution in [2.45, 2.75) is 0 Å². The summed E-state index contributed by atoms with van der Waals surface area (Å²) >= 11 is 1.05. The van der Waals surface area contributed by atoms with Crippen LogP contribution < -0.4 is 21.5 Å². The number of thiophene rings is 1. The van der Waals surface area contributed by atoms with Crippen molar-refractivity contribution in [3.63, 3.8) is 0 Å². The summed E-state index contributed by atoms with van der Waals surface area (Å²) in [7, 11) is 3.15. The molecule has 0 fully saturated rings. The van der Waals surface area contributed by atoms with Crippen LogP contribution in [-0.4, -0.2) is 30.0 Å². The van der Waals surface area contributed by atoms with Crippen molar-refractivity contribution in [1.82, 2.24) is 4.90 Å². The Bertz CT molecular complexity index is 1000. The predicted molar refractivity (Wildman–Crippen MR) is 98.4 cm³/mol. The number of hydrogen-bond acceptors (Lipinski definition) is 7. The molecule has 0 saturated heterocycles. The zero-order valence-electron chi connectivity index (χ0n) is 13.5. The van der Waals surface area contributed by atoms with Crippen LogP contribution >= 0.6 is 11.3 Å². The Morgan fingerprint density at radius 3 is 2.24 bits per heavy atom. The number of benzene rings is 1. The molecule has 3 rings (SSSR count). The fourth-order valence-corrected chi connectivity index (χ4v) is 3.14. The summed E-state index contributed by atoms with van der Waals surface area (Å²) < 4.78 is 0. The first-order chi connectivity index (χ1) is 11.9. The Labute approximate surface area is 146 Å². The maximum atomic E-state index is 12.0. The number of carbonyl (C=O) groups is 1. The Kier molecular flexibility index (Phi) is 4.28. The van der Waals surface area contributed by atoms with Crippen molar-refractivity contribution in [1.29, 1.82) is 0 Å². The van der Waals surface area contributed by atoms with Crippen LogP contribution in [-0.2, 0) is 0 Å². The first-order valence-corrected chi connectivity index (χ1v) is 8.22. The number of hydrogen-bond donors (Lipinski definition) is 3. The molecule has 128 valence electrons. The first-order valence-electron chi connectivity index (χ1n) is 7.34. The molecule has 1 amide bonds. The van der Waals surface area contributed by atoms with E-state index in [1.807, 2.05) is 6.07 Å². The van der Waals surface area contributed by atoms with Crippen LogP contribution in [0.3, 0.4) is 0 Å². The quantitative estimate of drug-likeness (QED) is 0.606. The maximum Gasteiger partial charge on any atom is 0.267 e. The van der Waals surface area contributed by atoms with Gasteiger partial charge in [-0.1, -0.05) is 18.2 Å². The van der Waals surface area contributed by atoms with Gasteiger partial charge in [0.2, 0.25) is 0 Å². The van der Waals surface area contributed by atoms with Gasteiger partial charge >= 0.3 is 0 Å². The van der Waals surface area contributed by atoms with E-state index in [-0.39, 0.29) is 33.6 Å². The molecule has 7 nitrogen and oxygen atoms in total. The highest BCUT2D eigenvalue weighted by atomic mass is 32.1. The Morgan fingerprint density at radius 2 is 1.64 bits per heavy atom. The van der Waals surface area contributed by atoms with E-state index >= 15 is 0 Å². The van der Waals surface area contributed by atoms with Crippen LogP contribution in [0.1, 0.15) is 9.67 Å². The number of rotatable bonds is 5. The topological polar surface area (TPSA) is 98.7 Å². The van der Waals surface area contributed by atoms with Crippen molar-refractivity contribution in [3.8, 4) is 5.75 Å². The predicted octanol–water partition coefficient (Wildman–Crippen LogP) is 2.24. The van der Waals surface area contributed by atoms with Gasteiger partial charge < -0.3 is 20.6 Å². The minimum absolute atomic E-state index is 0.0609. The molecule has 0 atom stereocenters. The molecule has 25 heavy (non-hydrogen) atoms. The lowest BCUT2D eigenvalue weighted by atomic mass is 10.1. The summed E-state index contributed by atoms with van der Waals surface area (Å²) in [6.45, 7) is 0. The van der Waals surface area contributed by atoms with Crippen LogP contribution in [0, 0.1) is 0 Å². The van der Waals surface area contributed by atoms with Gasteiger partial charge in [0.25, 0.3) is 16.8 Å². The summed E-state index contributed by atoms with van der Waals surface area (Å²) in [4.78, 5) is 37.2. The normalized spacial score (nSPS) is 10.6. The van der Waals surface area contributed by atoms with Crippen LogP contribution in [0.25, 0.3) is 0 Å². The monoisotopic (exact) mass is 357 g/mol.